The van der Waals surface area contributed by atoms with Gasteiger partial charge in [-0.2, -0.15) is 0 Å². The summed E-state index contributed by atoms with van der Waals surface area (Å²) in [5.74, 6) is 0.870. The lowest BCUT2D eigenvalue weighted by atomic mass is 9.92. The summed E-state index contributed by atoms with van der Waals surface area (Å²) >= 11 is 0. The van der Waals surface area contributed by atoms with Crippen LogP contribution in [0.4, 0.5) is 0 Å². The van der Waals surface area contributed by atoms with Gasteiger partial charge in [0.05, 0.1) is 0 Å². The molecule has 2 fully saturated rings. The van der Waals surface area contributed by atoms with Crippen LogP contribution in [0.3, 0.4) is 0 Å². The van der Waals surface area contributed by atoms with Crippen molar-refractivity contribution in [2.45, 2.75) is 25.8 Å². The smallest absolute Gasteiger partial charge is 0.0383 e. The van der Waals surface area contributed by atoms with E-state index in [1.165, 1.54) is 42.3 Å². The summed E-state index contributed by atoms with van der Waals surface area (Å²) in [4.78, 5) is 2.71. The average molecular weight is 353 g/mol. The van der Waals surface area contributed by atoms with Crippen molar-refractivity contribution in [3.05, 3.63) is 47.5 Å². The molecule has 0 amide bonds. The Morgan fingerprint density at radius 3 is 2.26 bits per heavy atom. The van der Waals surface area contributed by atoms with Crippen molar-refractivity contribution in [2.24, 2.45) is 5.92 Å². The molecule has 2 aliphatic rings. The molecule has 1 heterocycles. The van der Waals surface area contributed by atoms with E-state index in [0.29, 0.717) is 6.04 Å². The Labute approximate surface area is 151 Å². The van der Waals surface area contributed by atoms with Crippen LogP contribution in [0.5, 0.6) is 0 Å². The van der Waals surface area contributed by atoms with E-state index in [1.54, 1.807) is 5.56 Å². The molecule has 0 radical (unpaired) electrons. The maximum Gasteiger partial charge on any atom is 0.0383 e. The molecule has 1 saturated carbocycles. The minimum atomic E-state index is 0. The molecule has 4 heteroatoms. The van der Waals surface area contributed by atoms with Crippen LogP contribution in [0.1, 0.15) is 30.0 Å². The van der Waals surface area contributed by atoms with Crippen molar-refractivity contribution in [2.75, 3.05) is 26.2 Å². The number of hydrogen-bond donors (Lipinski definition) is 1. The summed E-state index contributed by atoms with van der Waals surface area (Å²) in [5.41, 5.74) is 2.95. The molecule has 0 spiro atoms. The number of benzene rings is 2. The Morgan fingerprint density at radius 2 is 1.61 bits per heavy atom. The molecule has 1 aliphatic heterocycles. The van der Waals surface area contributed by atoms with Crippen molar-refractivity contribution >= 4 is 35.6 Å². The predicted molar refractivity (Wildman–Crippen MR) is 103 cm³/mol. The first kappa shape index (κ1) is 18.5. The summed E-state index contributed by atoms with van der Waals surface area (Å²) in [6, 6.07) is 14.3. The van der Waals surface area contributed by atoms with Gasteiger partial charge in [0, 0.05) is 32.2 Å². The third-order valence-corrected chi connectivity index (χ3v) is 5.11. The van der Waals surface area contributed by atoms with Gasteiger partial charge >= 0.3 is 0 Å². The fourth-order valence-electron chi connectivity index (χ4n) is 3.85. The minimum Gasteiger partial charge on any atom is -0.314 e. The summed E-state index contributed by atoms with van der Waals surface area (Å²) in [6.07, 6.45) is 2.80. The number of rotatable bonds is 3. The molecule has 2 nitrogen and oxygen atoms in total. The molecule has 23 heavy (non-hydrogen) atoms. The number of fused-ring (bicyclic) bond motifs is 1. The van der Waals surface area contributed by atoms with Gasteiger partial charge in [-0.25, -0.2) is 0 Å². The van der Waals surface area contributed by atoms with Crippen LogP contribution in [0.15, 0.2) is 36.4 Å². The van der Waals surface area contributed by atoms with Crippen molar-refractivity contribution < 1.29 is 0 Å². The maximum atomic E-state index is 3.49. The second-order valence-electron chi connectivity index (χ2n) is 6.59. The second kappa shape index (κ2) is 7.85. The van der Waals surface area contributed by atoms with E-state index in [2.05, 4.69) is 53.5 Å². The Balaban J connectivity index is 0.000000960. The molecule has 1 saturated heterocycles. The monoisotopic (exact) mass is 352 g/mol. The molecule has 4 rings (SSSR count). The maximum absolute atomic E-state index is 3.49. The largest absolute Gasteiger partial charge is 0.314 e. The van der Waals surface area contributed by atoms with Crippen molar-refractivity contribution in [3.63, 3.8) is 0 Å². The van der Waals surface area contributed by atoms with Gasteiger partial charge in [-0.05, 0) is 47.6 Å². The molecule has 126 valence electrons. The van der Waals surface area contributed by atoms with Gasteiger partial charge in [-0.1, -0.05) is 36.4 Å². The van der Waals surface area contributed by atoms with Gasteiger partial charge in [0.1, 0.15) is 0 Å². The third-order valence-electron chi connectivity index (χ3n) is 5.11. The fourth-order valence-corrected chi connectivity index (χ4v) is 3.85. The number of nitrogens with one attached hydrogen (secondary N) is 1. The lowest BCUT2D eigenvalue weighted by Gasteiger charge is -2.36. The van der Waals surface area contributed by atoms with Crippen LogP contribution in [0, 0.1) is 12.8 Å². The highest BCUT2D eigenvalue weighted by Gasteiger charge is 2.37. The van der Waals surface area contributed by atoms with Crippen molar-refractivity contribution in [1.29, 1.82) is 0 Å². The number of hydrogen-bond acceptors (Lipinski definition) is 2. The molecule has 1 aliphatic carbocycles. The molecule has 1 atom stereocenters. The van der Waals surface area contributed by atoms with E-state index in [-0.39, 0.29) is 24.8 Å². The number of aryl methyl sites for hydroxylation is 1. The lowest BCUT2D eigenvalue weighted by Crippen LogP contribution is -2.45. The standard InChI is InChI=1S/C19H24N2.2ClH/c1-14-6-9-18(17-5-3-2-4-16(14)17)19(15-7-8-15)21-12-10-20-11-13-21;;/h2-6,9,15,19-20H,7-8,10-13H2,1H3;2*1H/t19-;;/m0../s1. The summed E-state index contributed by atoms with van der Waals surface area (Å²) in [7, 11) is 0. The van der Waals surface area contributed by atoms with Gasteiger partial charge in [-0.3, -0.25) is 4.90 Å². The van der Waals surface area contributed by atoms with Crippen LogP contribution < -0.4 is 5.32 Å². The number of halogens is 2. The zero-order valence-corrected chi connectivity index (χ0v) is 15.3. The predicted octanol–water partition coefficient (Wildman–Crippen LogP) is 4.35. The summed E-state index contributed by atoms with van der Waals surface area (Å²) in [5, 5.41) is 6.38. The highest BCUT2D eigenvalue weighted by molar-refractivity contribution is 5.89. The Kier molecular flexibility index (Phi) is 6.33. The molecule has 0 unspecified atom stereocenters. The highest BCUT2D eigenvalue weighted by atomic mass is 35.5. The van der Waals surface area contributed by atoms with Crippen LogP contribution in [-0.2, 0) is 0 Å². The SMILES string of the molecule is Cc1ccc([C@H](C2CC2)N2CCNCC2)c2ccccc12.Cl.Cl. The topological polar surface area (TPSA) is 15.3 Å². The van der Waals surface area contributed by atoms with Crippen molar-refractivity contribution in [3.8, 4) is 0 Å². The van der Waals surface area contributed by atoms with E-state index in [9.17, 15) is 0 Å². The Morgan fingerprint density at radius 1 is 0.957 bits per heavy atom. The number of nitrogens with zero attached hydrogens (tertiary/aromatic N) is 1. The Bertz CT molecular complexity index is 649. The zero-order chi connectivity index (χ0) is 14.2. The quantitative estimate of drug-likeness (QED) is 0.883. The molecular formula is C19H26Cl2N2. The molecule has 2 aromatic rings. The fraction of sp³-hybridized carbons (Fsp3) is 0.474. The first-order valence-electron chi connectivity index (χ1n) is 8.27. The van der Waals surface area contributed by atoms with Crippen LogP contribution in [-0.4, -0.2) is 31.1 Å². The van der Waals surface area contributed by atoms with E-state index in [0.717, 1.165) is 19.0 Å². The highest BCUT2D eigenvalue weighted by Crippen LogP contribution is 2.46. The first-order valence-corrected chi connectivity index (χ1v) is 8.27. The van der Waals surface area contributed by atoms with E-state index >= 15 is 0 Å². The average Bonchev–Trinajstić information content (AvgIpc) is 3.36. The van der Waals surface area contributed by atoms with Gasteiger partial charge in [-0.15, -0.1) is 24.8 Å². The normalized spacial score (nSPS) is 19.7. The first-order chi connectivity index (χ1) is 10.3. The van der Waals surface area contributed by atoms with E-state index in [1.807, 2.05) is 0 Å². The van der Waals surface area contributed by atoms with Crippen molar-refractivity contribution in [1.82, 2.24) is 10.2 Å². The van der Waals surface area contributed by atoms with E-state index < -0.39 is 0 Å². The number of piperazine rings is 1. The minimum absolute atomic E-state index is 0. The second-order valence-corrected chi connectivity index (χ2v) is 6.59. The van der Waals surface area contributed by atoms with Gasteiger partial charge in [0.2, 0.25) is 0 Å². The Hall–Kier alpha value is -0.800. The summed E-state index contributed by atoms with van der Waals surface area (Å²) < 4.78 is 0. The van der Waals surface area contributed by atoms with E-state index in [4.69, 9.17) is 0 Å². The molecular weight excluding hydrogens is 327 g/mol. The molecule has 0 bridgehead atoms. The van der Waals surface area contributed by atoms with Crippen LogP contribution in [0.2, 0.25) is 0 Å². The van der Waals surface area contributed by atoms with Gasteiger partial charge in [0.15, 0.2) is 0 Å². The van der Waals surface area contributed by atoms with Gasteiger partial charge in [0.25, 0.3) is 0 Å². The molecule has 2 aromatic carbocycles. The van der Waals surface area contributed by atoms with Crippen LogP contribution in [0.25, 0.3) is 10.8 Å². The lowest BCUT2D eigenvalue weighted by molar-refractivity contribution is 0.157. The van der Waals surface area contributed by atoms with Gasteiger partial charge < -0.3 is 5.32 Å². The molecule has 0 aromatic heterocycles. The van der Waals surface area contributed by atoms with Crippen LogP contribution >= 0.6 is 24.8 Å². The third kappa shape index (κ3) is 3.66. The zero-order valence-electron chi connectivity index (χ0n) is 13.6. The molecule has 1 N–H and O–H groups in total. The summed E-state index contributed by atoms with van der Waals surface area (Å²) in [6.45, 7) is 6.86.